The Morgan fingerprint density at radius 1 is 1.85 bits per heavy atom. The molecule has 1 rings (SSSR count). The minimum absolute atomic E-state index is 0.0978. The van der Waals surface area contributed by atoms with E-state index in [1.807, 2.05) is 0 Å². The van der Waals surface area contributed by atoms with Crippen LogP contribution in [0.15, 0.2) is 11.5 Å². The lowest BCUT2D eigenvalue weighted by atomic mass is 10.3. The average Bonchev–Trinajstić information content (AvgIpc) is 2.59. The third-order valence-corrected chi connectivity index (χ3v) is 1.45. The second-order valence-electron chi connectivity index (χ2n) is 2.31. The highest BCUT2D eigenvalue weighted by Crippen LogP contribution is 2.08. The largest absolute Gasteiger partial charge is 0.476 e. The van der Waals surface area contributed by atoms with Gasteiger partial charge in [0.05, 0.1) is 13.2 Å². The summed E-state index contributed by atoms with van der Waals surface area (Å²) >= 11 is 0. The number of ether oxygens (including phenoxy) is 2. The van der Waals surface area contributed by atoms with E-state index >= 15 is 0 Å². The molecule has 1 heterocycles. The number of hydrogen-bond donors (Lipinski definition) is 1. The van der Waals surface area contributed by atoms with Gasteiger partial charge in [0.2, 0.25) is 5.88 Å². The maximum absolute atomic E-state index is 11.1. The van der Waals surface area contributed by atoms with E-state index in [-0.39, 0.29) is 18.1 Å². The molecule has 0 amide bonds. The fourth-order valence-electron chi connectivity index (χ4n) is 0.922. The molecule has 0 aromatic carbocycles. The molecule has 0 unspecified atom stereocenters. The van der Waals surface area contributed by atoms with E-state index in [0.29, 0.717) is 13.2 Å². The van der Waals surface area contributed by atoms with Crippen LogP contribution < -0.4 is 5.32 Å². The SMILES string of the molecule is CCOC(=O)/C(C#N)=C1/NCCO1. The first-order valence-corrected chi connectivity index (χ1v) is 3.97. The Morgan fingerprint density at radius 2 is 2.62 bits per heavy atom. The van der Waals surface area contributed by atoms with Gasteiger partial charge in [-0.3, -0.25) is 0 Å². The number of nitrogens with one attached hydrogen (secondary N) is 1. The molecule has 5 nitrogen and oxygen atoms in total. The Balaban J connectivity index is 2.77. The summed E-state index contributed by atoms with van der Waals surface area (Å²) in [4.78, 5) is 11.1. The average molecular weight is 182 g/mol. The zero-order valence-electron chi connectivity index (χ0n) is 7.29. The third-order valence-electron chi connectivity index (χ3n) is 1.45. The smallest absolute Gasteiger partial charge is 0.354 e. The van der Waals surface area contributed by atoms with Crippen LogP contribution in [0.4, 0.5) is 0 Å². The van der Waals surface area contributed by atoms with Gasteiger partial charge in [-0.1, -0.05) is 0 Å². The number of nitrogens with zero attached hydrogens (tertiary/aromatic N) is 1. The van der Waals surface area contributed by atoms with Crippen molar-refractivity contribution >= 4 is 5.97 Å². The molecule has 5 heteroatoms. The van der Waals surface area contributed by atoms with Gasteiger partial charge < -0.3 is 14.8 Å². The van der Waals surface area contributed by atoms with Crippen molar-refractivity contribution in [3.8, 4) is 6.07 Å². The summed E-state index contributed by atoms with van der Waals surface area (Å²) in [5, 5.41) is 11.4. The molecular weight excluding hydrogens is 172 g/mol. The van der Waals surface area contributed by atoms with E-state index in [1.165, 1.54) is 0 Å². The first kappa shape index (κ1) is 9.39. The van der Waals surface area contributed by atoms with Gasteiger partial charge >= 0.3 is 5.97 Å². The van der Waals surface area contributed by atoms with Crippen LogP contribution in [-0.2, 0) is 14.3 Å². The van der Waals surface area contributed by atoms with Crippen LogP contribution in [0.25, 0.3) is 0 Å². The lowest BCUT2D eigenvalue weighted by Crippen LogP contribution is -2.14. The lowest BCUT2D eigenvalue weighted by Gasteiger charge is -2.02. The maximum Gasteiger partial charge on any atom is 0.354 e. The number of rotatable bonds is 2. The van der Waals surface area contributed by atoms with Crippen molar-refractivity contribution in [2.24, 2.45) is 0 Å². The summed E-state index contributed by atoms with van der Waals surface area (Å²) in [6, 6.07) is 1.75. The first-order valence-electron chi connectivity index (χ1n) is 3.97. The summed E-state index contributed by atoms with van der Waals surface area (Å²) in [6.45, 7) is 3.01. The number of carbonyl (C=O) groups is 1. The van der Waals surface area contributed by atoms with Gasteiger partial charge in [-0.05, 0) is 6.92 Å². The Bertz CT molecular complexity index is 270. The Morgan fingerprint density at radius 3 is 3.08 bits per heavy atom. The molecule has 0 bridgehead atoms. The van der Waals surface area contributed by atoms with Gasteiger partial charge in [-0.2, -0.15) is 5.26 Å². The van der Waals surface area contributed by atoms with Gasteiger partial charge in [-0.25, -0.2) is 4.79 Å². The normalized spacial score (nSPS) is 18.2. The van der Waals surface area contributed by atoms with Gasteiger partial charge in [0.15, 0.2) is 5.57 Å². The van der Waals surface area contributed by atoms with Crippen LogP contribution in [0, 0.1) is 11.3 Å². The van der Waals surface area contributed by atoms with Crippen LogP contribution in [0.1, 0.15) is 6.92 Å². The minimum Gasteiger partial charge on any atom is -0.476 e. The zero-order chi connectivity index (χ0) is 9.68. The molecule has 0 aromatic heterocycles. The minimum atomic E-state index is -0.644. The van der Waals surface area contributed by atoms with Crippen LogP contribution in [0.3, 0.4) is 0 Å². The van der Waals surface area contributed by atoms with Crippen molar-refractivity contribution in [3.05, 3.63) is 11.5 Å². The first-order chi connectivity index (χ1) is 6.29. The highest BCUT2D eigenvalue weighted by molar-refractivity contribution is 5.93. The lowest BCUT2D eigenvalue weighted by molar-refractivity contribution is -0.138. The van der Waals surface area contributed by atoms with Crippen molar-refractivity contribution in [3.63, 3.8) is 0 Å². The second-order valence-corrected chi connectivity index (χ2v) is 2.31. The molecule has 13 heavy (non-hydrogen) atoms. The molecule has 1 aliphatic heterocycles. The molecule has 0 saturated carbocycles. The van der Waals surface area contributed by atoms with Crippen LogP contribution >= 0.6 is 0 Å². The van der Waals surface area contributed by atoms with Crippen molar-refractivity contribution in [1.82, 2.24) is 5.32 Å². The third kappa shape index (κ3) is 2.12. The molecular formula is C8H10N2O3. The van der Waals surface area contributed by atoms with E-state index in [0.717, 1.165) is 0 Å². The Hall–Kier alpha value is -1.70. The number of esters is 1. The van der Waals surface area contributed by atoms with Gasteiger partial charge in [0.1, 0.15) is 12.7 Å². The van der Waals surface area contributed by atoms with Crippen molar-refractivity contribution < 1.29 is 14.3 Å². The molecule has 0 aromatic rings. The van der Waals surface area contributed by atoms with Crippen molar-refractivity contribution in [2.75, 3.05) is 19.8 Å². The summed E-state index contributed by atoms with van der Waals surface area (Å²) < 4.78 is 9.69. The number of nitriles is 1. The summed E-state index contributed by atoms with van der Waals surface area (Å²) in [7, 11) is 0. The summed E-state index contributed by atoms with van der Waals surface area (Å²) in [5.41, 5.74) is -0.0978. The highest BCUT2D eigenvalue weighted by atomic mass is 16.5. The molecule has 1 N–H and O–H groups in total. The fraction of sp³-hybridized carbons (Fsp3) is 0.500. The maximum atomic E-state index is 11.1. The molecule has 1 fully saturated rings. The zero-order valence-corrected chi connectivity index (χ0v) is 7.29. The second kappa shape index (κ2) is 4.36. The van der Waals surface area contributed by atoms with Crippen molar-refractivity contribution in [1.29, 1.82) is 5.26 Å². The van der Waals surface area contributed by atoms with Crippen molar-refractivity contribution in [2.45, 2.75) is 6.92 Å². The van der Waals surface area contributed by atoms with Gasteiger partial charge in [0.25, 0.3) is 0 Å². The topological polar surface area (TPSA) is 71.4 Å². The molecule has 70 valence electrons. The number of carbonyl (C=O) groups excluding carboxylic acids is 1. The summed E-state index contributed by atoms with van der Waals surface area (Å²) in [5.74, 6) is -0.421. The molecule has 0 radical (unpaired) electrons. The Kier molecular flexibility index (Phi) is 3.15. The number of hydrogen-bond acceptors (Lipinski definition) is 5. The van der Waals surface area contributed by atoms with Crippen LogP contribution in [-0.4, -0.2) is 25.7 Å². The van der Waals surface area contributed by atoms with Gasteiger partial charge in [-0.15, -0.1) is 0 Å². The van der Waals surface area contributed by atoms with Gasteiger partial charge in [0, 0.05) is 0 Å². The van der Waals surface area contributed by atoms with Crippen LogP contribution in [0.2, 0.25) is 0 Å². The quantitative estimate of drug-likeness (QED) is 0.367. The van der Waals surface area contributed by atoms with E-state index in [4.69, 9.17) is 10.00 Å². The Labute approximate surface area is 75.9 Å². The fourth-order valence-corrected chi connectivity index (χ4v) is 0.922. The van der Waals surface area contributed by atoms with Crippen LogP contribution in [0.5, 0.6) is 0 Å². The van der Waals surface area contributed by atoms with E-state index in [2.05, 4.69) is 10.1 Å². The van der Waals surface area contributed by atoms with E-state index in [9.17, 15) is 4.79 Å². The van der Waals surface area contributed by atoms with E-state index < -0.39 is 5.97 Å². The molecule has 0 atom stereocenters. The molecule has 1 saturated heterocycles. The monoisotopic (exact) mass is 182 g/mol. The summed E-state index contributed by atoms with van der Waals surface area (Å²) in [6.07, 6.45) is 0. The van der Waals surface area contributed by atoms with E-state index in [1.54, 1.807) is 13.0 Å². The molecule has 0 spiro atoms. The predicted octanol–water partition coefficient (Wildman–Crippen LogP) is -0.0955. The standard InChI is InChI=1S/C8H10N2O3/c1-2-12-8(11)6(5-9)7-10-3-4-13-7/h10H,2-4H2,1H3/b7-6-. The predicted molar refractivity (Wildman–Crippen MR) is 43.2 cm³/mol. The molecule has 0 aliphatic carbocycles. The molecule has 1 aliphatic rings. The highest BCUT2D eigenvalue weighted by Gasteiger charge is 2.20.